The van der Waals surface area contributed by atoms with Crippen LogP contribution in [0.4, 0.5) is 10.1 Å². The summed E-state index contributed by atoms with van der Waals surface area (Å²) in [6, 6.07) is 3.98. The van der Waals surface area contributed by atoms with E-state index in [0.29, 0.717) is 0 Å². The lowest BCUT2D eigenvalue weighted by molar-refractivity contribution is -0.385. The van der Waals surface area contributed by atoms with Crippen molar-refractivity contribution in [2.24, 2.45) is 0 Å². The van der Waals surface area contributed by atoms with Crippen LogP contribution in [0.25, 0.3) is 0 Å². The SMILES string of the molecule is Cc1ccsc1CNC(=O)c1cc([N+](=O)[O-])cc(C)c1F. The van der Waals surface area contributed by atoms with Crippen LogP contribution in [0, 0.1) is 29.8 Å². The van der Waals surface area contributed by atoms with Gasteiger partial charge in [-0.2, -0.15) is 0 Å². The number of non-ortho nitro benzene ring substituents is 1. The highest BCUT2D eigenvalue weighted by molar-refractivity contribution is 7.10. The summed E-state index contributed by atoms with van der Waals surface area (Å²) < 4.78 is 14.0. The number of amides is 1. The molecule has 0 saturated heterocycles. The molecule has 7 heteroatoms. The molecular formula is C14H13FN2O3S. The Morgan fingerprint density at radius 2 is 2.10 bits per heavy atom. The van der Waals surface area contributed by atoms with Crippen LogP contribution in [0.3, 0.4) is 0 Å². The number of halogens is 1. The second kappa shape index (κ2) is 6.01. The maximum atomic E-state index is 14.0. The van der Waals surface area contributed by atoms with Crippen molar-refractivity contribution >= 4 is 22.9 Å². The molecule has 0 unspecified atom stereocenters. The third-order valence-corrected chi connectivity index (χ3v) is 4.10. The zero-order valence-corrected chi connectivity index (χ0v) is 12.3. The molecule has 0 aliphatic carbocycles. The molecule has 1 aromatic carbocycles. The number of hydrogen-bond acceptors (Lipinski definition) is 4. The molecule has 5 nitrogen and oxygen atoms in total. The largest absolute Gasteiger partial charge is 0.347 e. The van der Waals surface area contributed by atoms with Crippen molar-refractivity contribution in [3.63, 3.8) is 0 Å². The van der Waals surface area contributed by atoms with Gasteiger partial charge < -0.3 is 5.32 Å². The number of carbonyl (C=O) groups is 1. The predicted molar refractivity (Wildman–Crippen MR) is 78.0 cm³/mol. The molecule has 0 atom stereocenters. The molecule has 110 valence electrons. The smallest absolute Gasteiger partial charge is 0.270 e. The predicted octanol–water partition coefficient (Wildman–Crippen LogP) is 3.34. The van der Waals surface area contributed by atoms with Crippen LogP contribution in [0.2, 0.25) is 0 Å². The average molecular weight is 308 g/mol. The molecule has 0 radical (unpaired) electrons. The number of nitro groups is 1. The van der Waals surface area contributed by atoms with Gasteiger partial charge in [-0.15, -0.1) is 11.3 Å². The Morgan fingerprint density at radius 3 is 2.67 bits per heavy atom. The summed E-state index contributed by atoms with van der Waals surface area (Å²) >= 11 is 1.49. The Labute approximate surface area is 124 Å². The first-order valence-electron chi connectivity index (χ1n) is 6.16. The summed E-state index contributed by atoms with van der Waals surface area (Å²) in [5.74, 6) is -1.40. The Bertz CT molecular complexity index is 712. The van der Waals surface area contributed by atoms with Gasteiger partial charge in [-0.3, -0.25) is 14.9 Å². The lowest BCUT2D eigenvalue weighted by Crippen LogP contribution is -2.24. The summed E-state index contributed by atoms with van der Waals surface area (Å²) in [7, 11) is 0. The maximum Gasteiger partial charge on any atom is 0.270 e. The topological polar surface area (TPSA) is 72.2 Å². The number of thiophene rings is 1. The van der Waals surface area contributed by atoms with E-state index < -0.39 is 16.6 Å². The van der Waals surface area contributed by atoms with Gasteiger partial charge >= 0.3 is 0 Å². The van der Waals surface area contributed by atoms with E-state index in [9.17, 15) is 19.3 Å². The number of aryl methyl sites for hydroxylation is 2. The van der Waals surface area contributed by atoms with Crippen LogP contribution in [0.1, 0.15) is 26.4 Å². The summed E-state index contributed by atoms with van der Waals surface area (Å²) in [5.41, 5.74) is 0.500. The van der Waals surface area contributed by atoms with E-state index in [4.69, 9.17) is 0 Å². The fourth-order valence-electron chi connectivity index (χ4n) is 1.86. The van der Waals surface area contributed by atoms with Gasteiger partial charge in [0.25, 0.3) is 11.6 Å². The zero-order valence-electron chi connectivity index (χ0n) is 11.5. The molecule has 2 aromatic rings. The molecule has 0 saturated carbocycles. The van der Waals surface area contributed by atoms with E-state index in [-0.39, 0.29) is 23.4 Å². The van der Waals surface area contributed by atoms with Crippen LogP contribution in [-0.2, 0) is 6.54 Å². The van der Waals surface area contributed by atoms with E-state index in [0.717, 1.165) is 22.6 Å². The van der Waals surface area contributed by atoms with E-state index in [2.05, 4.69) is 5.32 Å². The molecule has 0 fully saturated rings. The molecule has 1 amide bonds. The number of benzene rings is 1. The van der Waals surface area contributed by atoms with E-state index in [1.165, 1.54) is 18.3 Å². The molecule has 0 aliphatic rings. The van der Waals surface area contributed by atoms with Crippen LogP contribution < -0.4 is 5.32 Å². The van der Waals surface area contributed by atoms with Crippen molar-refractivity contribution in [3.05, 3.63) is 61.1 Å². The second-order valence-electron chi connectivity index (χ2n) is 4.59. The van der Waals surface area contributed by atoms with Crippen molar-refractivity contribution in [1.29, 1.82) is 0 Å². The van der Waals surface area contributed by atoms with Crippen LogP contribution in [-0.4, -0.2) is 10.8 Å². The maximum absolute atomic E-state index is 14.0. The fourth-order valence-corrected chi connectivity index (χ4v) is 2.71. The van der Waals surface area contributed by atoms with Crippen molar-refractivity contribution in [1.82, 2.24) is 5.32 Å². The van der Waals surface area contributed by atoms with Gasteiger partial charge in [-0.25, -0.2) is 4.39 Å². The Hall–Kier alpha value is -2.28. The molecule has 2 rings (SSSR count). The molecule has 0 aliphatic heterocycles. The summed E-state index contributed by atoms with van der Waals surface area (Å²) in [4.78, 5) is 23.1. The fraction of sp³-hybridized carbons (Fsp3) is 0.214. The first-order valence-corrected chi connectivity index (χ1v) is 7.04. The van der Waals surface area contributed by atoms with Crippen LogP contribution >= 0.6 is 11.3 Å². The lowest BCUT2D eigenvalue weighted by Gasteiger charge is -2.07. The highest BCUT2D eigenvalue weighted by Crippen LogP contribution is 2.21. The van der Waals surface area contributed by atoms with Crippen molar-refractivity contribution < 1.29 is 14.1 Å². The summed E-state index contributed by atoms with van der Waals surface area (Å²) in [6.07, 6.45) is 0. The third-order valence-electron chi connectivity index (χ3n) is 3.07. The molecule has 0 spiro atoms. The van der Waals surface area contributed by atoms with Crippen molar-refractivity contribution in [3.8, 4) is 0 Å². The van der Waals surface area contributed by atoms with Gasteiger partial charge in [0.1, 0.15) is 5.82 Å². The number of nitrogens with one attached hydrogen (secondary N) is 1. The van der Waals surface area contributed by atoms with Crippen molar-refractivity contribution in [2.75, 3.05) is 0 Å². The number of carbonyl (C=O) groups excluding carboxylic acids is 1. The molecule has 1 aromatic heterocycles. The standard InChI is InChI=1S/C14H13FN2O3S/c1-8-3-4-21-12(8)7-16-14(18)11-6-10(17(19)20)5-9(2)13(11)15/h3-6H,7H2,1-2H3,(H,16,18). The Morgan fingerprint density at radius 1 is 1.38 bits per heavy atom. The number of nitro benzene ring substituents is 1. The first kappa shape index (κ1) is 15.1. The van der Waals surface area contributed by atoms with Gasteiger partial charge in [-0.1, -0.05) is 0 Å². The first-order chi connectivity index (χ1) is 9.90. The monoisotopic (exact) mass is 308 g/mol. The number of nitrogens with zero attached hydrogens (tertiary/aromatic N) is 1. The zero-order chi connectivity index (χ0) is 15.6. The highest BCUT2D eigenvalue weighted by atomic mass is 32.1. The number of hydrogen-bond donors (Lipinski definition) is 1. The minimum absolute atomic E-state index is 0.0710. The van der Waals surface area contributed by atoms with E-state index in [1.807, 2.05) is 18.4 Å². The highest BCUT2D eigenvalue weighted by Gasteiger charge is 2.19. The summed E-state index contributed by atoms with van der Waals surface area (Å²) in [6.45, 7) is 3.57. The van der Waals surface area contributed by atoms with Gasteiger partial charge in [0.05, 0.1) is 17.0 Å². The molecule has 21 heavy (non-hydrogen) atoms. The molecule has 1 heterocycles. The van der Waals surface area contributed by atoms with E-state index in [1.54, 1.807) is 0 Å². The third kappa shape index (κ3) is 3.25. The molecule has 1 N–H and O–H groups in total. The van der Waals surface area contributed by atoms with Crippen LogP contribution in [0.5, 0.6) is 0 Å². The van der Waals surface area contributed by atoms with Gasteiger partial charge in [0.2, 0.25) is 0 Å². The van der Waals surface area contributed by atoms with Gasteiger partial charge in [0, 0.05) is 17.0 Å². The van der Waals surface area contributed by atoms with Gasteiger partial charge in [0.15, 0.2) is 0 Å². The molecular weight excluding hydrogens is 295 g/mol. The number of rotatable bonds is 4. The average Bonchev–Trinajstić information content (AvgIpc) is 2.84. The Balaban J connectivity index is 2.22. The normalized spacial score (nSPS) is 10.4. The Kier molecular flexibility index (Phi) is 4.32. The van der Waals surface area contributed by atoms with E-state index >= 15 is 0 Å². The minimum Gasteiger partial charge on any atom is -0.347 e. The quantitative estimate of drug-likeness (QED) is 0.695. The van der Waals surface area contributed by atoms with Crippen molar-refractivity contribution in [2.45, 2.75) is 20.4 Å². The second-order valence-corrected chi connectivity index (χ2v) is 5.59. The van der Waals surface area contributed by atoms with Crippen LogP contribution in [0.15, 0.2) is 23.6 Å². The summed E-state index contributed by atoms with van der Waals surface area (Å²) in [5, 5.41) is 15.3. The molecule has 0 bridgehead atoms. The van der Waals surface area contributed by atoms with Gasteiger partial charge in [-0.05, 0) is 36.4 Å². The lowest BCUT2D eigenvalue weighted by atomic mass is 10.1. The minimum atomic E-state index is -0.735.